The summed E-state index contributed by atoms with van der Waals surface area (Å²) in [7, 11) is 2.12. The number of carbonyl (C=O) groups excluding carboxylic acids is 1. The normalized spacial score (nSPS) is 21.1. The number of Topliss-reactive ketones (excluding diaryl/α,β-unsaturated/α-hetero) is 1. The SMILES string of the molecule is CN1/C(=C/C=C/C=C2\CCc3ccccc3C2=O)C(C)(C)c2ccccc21. The van der Waals surface area contributed by atoms with Crippen LogP contribution in [0.25, 0.3) is 0 Å². The van der Waals surface area contributed by atoms with E-state index in [1.54, 1.807) is 0 Å². The molecule has 1 aliphatic carbocycles. The number of rotatable bonds is 2. The van der Waals surface area contributed by atoms with Gasteiger partial charge in [-0.1, -0.05) is 74.5 Å². The first-order valence-corrected chi connectivity index (χ1v) is 9.54. The number of likely N-dealkylation sites (N-methyl/N-ethyl adjacent to an activating group) is 1. The van der Waals surface area contributed by atoms with Crippen LogP contribution in [0.2, 0.25) is 0 Å². The molecule has 0 radical (unpaired) electrons. The molecule has 1 heterocycles. The Hall–Kier alpha value is -2.87. The molecule has 2 aromatic rings. The molecule has 0 N–H and O–H groups in total. The van der Waals surface area contributed by atoms with E-state index < -0.39 is 0 Å². The Labute approximate surface area is 161 Å². The van der Waals surface area contributed by atoms with E-state index in [0.29, 0.717) is 0 Å². The van der Waals surface area contributed by atoms with Crippen molar-refractivity contribution < 1.29 is 4.79 Å². The first-order chi connectivity index (χ1) is 13.0. The van der Waals surface area contributed by atoms with Crippen LogP contribution in [0.3, 0.4) is 0 Å². The number of allylic oxidation sites excluding steroid dienone is 6. The molecule has 27 heavy (non-hydrogen) atoms. The van der Waals surface area contributed by atoms with Crippen molar-refractivity contribution >= 4 is 11.5 Å². The van der Waals surface area contributed by atoms with Crippen molar-refractivity contribution in [1.29, 1.82) is 0 Å². The van der Waals surface area contributed by atoms with Crippen LogP contribution in [-0.2, 0) is 11.8 Å². The highest BCUT2D eigenvalue weighted by Crippen LogP contribution is 2.46. The predicted octanol–water partition coefficient (Wildman–Crippen LogP) is 5.61. The highest BCUT2D eigenvalue weighted by atomic mass is 16.1. The molecule has 136 valence electrons. The van der Waals surface area contributed by atoms with Crippen LogP contribution in [0.4, 0.5) is 5.69 Å². The van der Waals surface area contributed by atoms with E-state index in [1.165, 1.54) is 16.9 Å². The van der Waals surface area contributed by atoms with Gasteiger partial charge in [0.05, 0.1) is 0 Å². The number of nitrogens with zero attached hydrogens (tertiary/aromatic N) is 1. The number of carbonyl (C=O) groups is 1. The lowest BCUT2D eigenvalue weighted by molar-refractivity contribution is 0.102. The zero-order valence-electron chi connectivity index (χ0n) is 16.2. The first-order valence-electron chi connectivity index (χ1n) is 9.54. The zero-order valence-corrected chi connectivity index (χ0v) is 16.2. The summed E-state index contributed by atoms with van der Waals surface area (Å²) >= 11 is 0. The molecular formula is C25H25NO. The fraction of sp³-hybridized carbons (Fsp3) is 0.240. The minimum absolute atomic E-state index is 0.0254. The van der Waals surface area contributed by atoms with Gasteiger partial charge >= 0.3 is 0 Å². The van der Waals surface area contributed by atoms with E-state index >= 15 is 0 Å². The van der Waals surface area contributed by atoms with E-state index in [4.69, 9.17) is 0 Å². The number of para-hydroxylation sites is 1. The van der Waals surface area contributed by atoms with Gasteiger partial charge in [-0.15, -0.1) is 0 Å². The summed E-state index contributed by atoms with van der Waals surface area (Å²) in [5, 5.41) is 0. The van der Waals surface area contributed by atoms with Crippen molar-refractivity contribution in [3.63, 3.8) is 0 Å². The highest BCUT2D eigenvalue weighted by Gasteiger charge is 2.37. The van der Waals surface area contributed by atoms with Gasteiger partial charge in [0.1, 0.15) is 0 Å². The summed E-state index contributed by atoms with van der Waals surface area (Å²) < 4.78 is 0. The number of benzene rings is 2. The third-order valence-corrected chi connectivity index (χ3v) is 5.82. The number of anilines is 1. The van der Waals surface area contributed by atoms with Crippen molar-refractivity contribution in [1.82, 2.24) is 0 Å². The second-order valence-corrected chi connectivity index (χ2v) is 7.82. The van der Waals surface area contributed by atoms with E-state index in [0.717, 1.165) is 29.5 Å². The van der Waals surface area contributed by atoms with Crippen LogP contribution < -0.4 is 4.90 Å². The molecule has 4 rings (SSSR count). The molecule has 0 saturated heterocycles. The molecule has 0 atom stereocenters. The lowest BCUT2D eigenvalue weighted by Crippen LogP contribution is -2.22. The van der Waals surface area contributed by atoms with Crippen molar-refractivity contribution in [2.24, 2.45) is 0 Å². The van der Waals surface area contributed by atoms with Crippen LogP contribution >= 0.6 is 0 Å². The third kappa shape index (κ3) is 2.95. The third-order valence-electron chi connectivity index (χ3n) is 5.82. The molecule has 0 spiro atoms. The maximum Gasteiger partial charge on any atom is 0.189 e. The standard InChI is InChI=1S/C25H25NO/c1-25(2)21-13-7-8-14-22(21)26(3)23(25)15-9-5-11-19-17-16-18-10-4-6-12-20(18)24(19)27/h4-15H,16-17H2,1-3H3/b9-5+,19-11+,23-15+. The zero-order chi connectivity index (χ0) is 19.0. The summed E-state index contributed by atoms with van der Waals surface area (Å²) in [5.74, 6) is 0.167. The average Bonchev–Trinajstić information content (AvgIpc) is 2.87. The van der Waals surface area contributed by atoms with Gasteiger partial charge < -0.3 is 4.90 Å². The summed E-state index contributed by atoms with van der Waals surface area (Å²) in [6, 6.07) is 16.5. The van der Waals surface area contributed by atoms with Gasteiger partial charge in [0.15, 0.2) is 5.78 Å². The quantitative estimate of drug-likeness (QED) is 0.653. The number of aryl methyl sites for hydroxylation is 1. The van der Waals surface area contributed by atoms with E-state index in [9.17, 15) is 4.79 Å². The monoisotopic (exact) mass is 355 g/mol. The number of hydrogen-bond donors (Lipinski definition) is 0. The van der Waals surface area contributed by atoms with Crippen LogP contribution in [0.1, 0.15) is 41.8 Å². The molecule has 2 aliphatic rings. The van der Waals surface area contributed by atoms with E-state index in [2.05, 4.69) is 68.3 Å². The van der Waals surface area contributed by atoms with Crippen molar-refractivity contribution in [3.05, 3.63) is 101 Å². The average molecular weight is 355 g/mol. The molecule has 2 heteroatoms. The fourth-order valence-electron chi connectivity index (χ4n) is 4.29. The van der Waals surface area contributed by atoms with Gasteiger partial charge in [0, 0.05) is 35.0 Å². The van der Waals surface area contributed by atoms with Crippen LogP contribution in [0, 0.1) is 0 Å². The molecule has 0 bridgehead atoms. The number of ketones is 1. The summed E-state index contributed by atoms with van der Waals surface area (Å²) in [6.07, 6.45) is 9.95. The summed E-state index contributed by atoms with van der Waals surface area (Å²) in [5.41, 5.74) is 6.77. The second-order valence-electron chi connectivity index (χ2n) is 7.82. The van der Waals surface area contributed by atoms with Gasteiger partial charge in [0.2, 0.25) is 0 Å². The molecule has 1 aliphatic heterocycles. The summed E-state index contributed by atoms with van der Waals surface area (Å²) in [6.45, 7) is 4.52. The molecule has 2 aromatic carbocycles. The Morgan fingerprint density at radius 2 is 1.63 bits per heavy atom. The van der Waals surface area contributed by atoms with E-state index in [-0.39, 0.29) is 11.2 Å². The number of hydrogen-bond acceptors (Lipinski definition) is 2. The fourth-order valence-corrected chi connectivity index (χ4v) is 4.29. The second kappa shape index (κ2) is 6.70. The molecule has 0 unspecified atom stereocenters. The van der Waals surface area contributed by atoms with Crippen molar-refractivity contribution in [2.45, 2.75) is 32.1 Å². The number of fused-ring (bicyclic) bond motifs is 2. The Bertz CT molecular complexity index is 991. The van der Waals surface area contributed by atoms with Gasteiger partial charge in [-0.3, -0.25) is 4.79 Å². The van der Waals surface area contributed by atoms with Gasteiger partial charge in [-0.25, -0.2) is 0 Å². The molecule has 0 saturated carbocycles. The van der Waals surface area contributed by atoms with Gasteiger partial charge in [-0.2, -0.15) is 0 Å². The smallest absolute Gasteiger partial charge is 0.189 e. The lowest BCUT2D eigenvalue weighted by atomic mass is 9.84. The Morgan fingerprint density at radius 3 is 2.44 bits per heavy atom. The highest BCUT2D eigenvalue weighted by molar-refractivity contribution is 6.10. The largest absolute Gasteiger partial charge is 0.347 e. The molecule has 0 amide bonds. The lowest BCUT2D eigenvalue weighted by Gasteiger charge is -2.23. The molecule has 2 nitrogen and oxygen atoms in total. The first kappa shape index (κ1) is 17.5. The topological polar surface area (TPSA) is 20.3 Å². The maximum absolute atomic E-state index is 12.6. The Balaban J connectivity index is 1.57. The van der Waals surface area contributed by atoms with E-state index in [1.807, 2.05) is 30.4 Å². The Morgan fingerprint density at radius 1 is 0.926 bits per heavy atom. The molecule has 0 aromatic heterocycles. The minimum Gasteiger partial charge on any atom is -0.347 e. The van der Waals surface area contributed by atoms with Gasteiger partial charge in [-0.05, 0) is 36.1 Å². The summed E-state index contributed by atoms with van der Waals surface area (Å²) in [4.78, 5) is 14.9. The van der Waals surface area contributed by atoms with Crippen LogP contribution in [0.15, 0.2) is 84.1 Å². The predicted molar refractivity (Wildman–Crippen MR) is 112 cm³/mol. The van der Waals surface area contributed by atoms with Crippen molar-refractivity contribution in [2.75, 3.05) is 11.9 Å². The van der Waals surface area contributed by atoms with Crippen molar-refractivity contribution in [3.8, 4) is 0 Å². The van der Waals surface area contributed by atoms with Gasteiger partial charge in [0.25, 0.3) is 0 Å². The Kier molecular flexibility index (Phi) is 4.35. The molecular weight excluding hydrogens is 330 g/mol. The van der Waals surface area contributed by atoms with Crippen LogP contribution in [-0.4, -0.2) is 12.8 Å². The minimum atomic E-state index is -0.0254. The maximum atomic E-state index is 12.6. The molecule has 0 fully saturated rings. The van der Waals surface area contributed by atoms with Crippen LogP contribution in [0.5, 0.6) is 0 Å².